The molecule has 0 spiro atoms. The molecule has 2 aromatic carbocycles. The second-order valence-electron chi connectivity index (χ2n) is 7.50. The van der Waals surface area contributed by atoms with Gasteiger partial charge in [-0.05, 0) is 42.0 Å². The average molecular weight is 524 g/mol. The smallest absolute Gasteiger partial charge is 0.418 e. The number of aromatic nitrogens is 1. The van der Waals surface area contributed by atoms with E-state index in [9.17, 15) is 31.5 Å². The molecule has 0 fully saturated rings. The van der Waals surface area contributed by atoms with Crippen molar-refractivity contribution < 1.29 is 45.8 Å². The number of amides is 1. The van der Waals surface area contributed by atoms with Gasteiger partial charge in [-0.15, -0.1) is 8.78 Å². The van der Waals surface area contributed by atoms with E-state index in [1.165, 1.54) is 24.4 Å². The first-order chi connectivity index (χ1) is 17.4. The van der Waals surface area contributed by atoms with Crippen molar-refractivity contribution in [3.63, 3.8) is 0 Å². The van der Waals surface area contributed by atoms with Crippen LogP contribution in [0, 0.1) is 0 Å². The van der Waals surface area contributed by atoms with E-state index >= 15 is 0 Å². The average Bonchev–Trinajstić information content (AvgIpc) is 3.15. The molecule has 3 aromatic rings. The summed E-state index contributed by atoms with van der Waals surface area (Å²) in [6.07, 6.45) is -7.65. The predicted molar refractivity (Wildman–Crippen MR) is 120 cm³/mol. The molecule has 37 heavy (non-hydrogen) atoms. The Morgan fingerprint density at radius 2 is 1.81 bits per heavy atom. The minimum Gasteiger partial charge on any atom is -0.418 e. The fourth-order valence-corrected chi connectivity index (χ4v) is 3.28. The van der Waals surface area contributed by atoms with Crippen LogP contribution in [0.1, 0.15) is 15.9 Å². The van der Waals surface area contributed by atoms with Gasteiger partial charge in [-0.3, -0.25) is 4.79 Å². The number of nitrogens with zero attached hydrogens (tertiary/aromatic N) is 1. The lowest BCUT2D eigenvalue weighted by atomic mass is 10.1. The number of pyridine rings is 1. The third-order valence-electron chi connectivity index (χ3n) is 4.91. The van der Waals surface area contributed by atoms with Gasteiger partial charge < -0.3 is 30.2 Å². The zero-order valence-corrected chi connectivity index (χ0v) is 18.8. The molecular formula is C23H17F5N4O5. The highest BCUT2D eigenvalue weighted by Gasteiger charge is 2.44. The highest BCUT2D eigenvalue weighted by atomic mass is 19.4. The van der Waals surface area contributed by atoms with Crippen molar-refractivity contribution in [2.75, 3.05) is 23.0 Å². The Bertz CT molecular complexity index is 1350. The Hall–Kier alpha value is -4.62. The van der Waals surface area contributed by atoms with E-state index in [0.29, 0.717) is 11.4 Å². The van der Waals surface area contributed by atoms with E-state index in [1.54, 1.807) is 19.2 Å². The van der Waals surface area contributed by atoms with Gasteiger partial charge in [0.05, 0.1) is 11.3 Å². The SMILES string of the molecule is CNc1cc(CNc2c(OC(=O)C(F)(F)F)cccc2C(=O)Nc2ccc3c(c2)OC(F)(F)O3)ccn1. The Morgan fingerprint density at radius 3 is 2.54 bits per heavy atom. The van der Waals surface area contributed by atoms with Crippen molar-refractivity contribution >= 4 is 29.1 Å². The minimum absolute atomic E-state index is 0.0111. The predicted octanol–water partition coefficient (Wildman–Crippen LogP) is 4.78. The molecule has 0 saturated heterocycles. The molecule has 1 aromatic heterocycles. The number of hydrogen-bond donors (Lipinski definition) is 3. The van der Waals surface area contributed by atoms with Crippen LogP contribution in [0.3, 0.4) is 0 Å². The lowest BCUT2D eigenvalue weighted by molar-refractivity contribution is -0.286. The van der Waals surface area contributed by atoms with Gasteiger partial charge in [-0.2, -0.15) is 13.2 Å². The number of esters is 1. The summed E-state index contributed by atoms with van der Waals surface area (Å²) >= 11 is 0. The van der Waals surface area contributed by atoms with Crippen LogP contribution in [0.2, 0.25) is 0 Å². The third kappa shape index (κ3) is 5.97. The van der Waals surface area contributed by atoms with Crippen molar-refractivity contribution in [1.29, 1.82) is 0 Å². The normalized spacial score (nSPS) is 13.6. The van der Waals surface area contributed by atoms with Crippen LogP contribution in [0.5, 0.6) is 17.2 Å². The number of hydrogen-bond acceptors (Lipinski definition) is 8. The molecule has 0 radical (unpaired) electrons. The van der Waals surface area contributed by atoms with Crippen molar-refractivity contribution in [2.24, 2.45) is 0 Å². The second kappa shape index (κ2) is 9.79. The monoisotopic (exact) mass is 524 g/mol. The highest BCUT2D eigenvalue weighted by molar-refractivity contribution is 6.09. The third-order valence-corrected chi connectivity index (χ3v) is 4.91. The standard InChI is InChI=1S/C23H17F5N4O5/c1-29-18-9-12(7-8-30-18)11-31-19-14(3-2-4-16(19)35-21(34)22(24,25)26)20(33)32-13-5-6-15-17(10-13)37-23(27,28)36-15/h2-10,31H,11H2,1H3,(H,29,30)(H,32,33). The van der Waals surface area contributed by atoms with Crippen molar-refractivity contribution in [3.8, 4) is 17.2 Å². The Kier molecular flexibility index (Phi) is 6.74. The summed E-state index contributed by atoms with van der Waals surface area (Å²) in [5.41, 5.74) is 0.256. The second-order valence-corrected chi connectivity index (χ2v) is 7.50. The summed E-state index contributed by atoms with van der Waals surface area (Å²) in [6, 6.07) is 10.3. The fraction of sp³-hybridized carbons (Fsp3) is 0.174. The minimum atomic E-state index is -5.28. The summed E-state index contributed by atoms with van der Waals surface area (Å²) in [7, 11) is 1.64. The van der Waals surface area contributed by atoms with Crippen LogP contribution >= 0.6 is 0 Å². The molecule has 1 amide bonds. The molecule has 0 bridgehead atoms. The van der Waals surface area contributed by atoms with Crippen molar-refractivity contribution in [1.82, 2.24) is 4.98 Å². The number of ether oxygens (including phenoxy) is 3. The number of fused-ring (bicyclic) bond motifs is 1. The number of halogens is 5. The number of carbonyl (C=O) groups excluding carboxylic acids is 2. The van der Waals surface area contributed by atoms with Gasteiger partial charge >= 0.3 is 18.4 Å². The van der Waals surface area contributed by atoms with Crippen LogP contribution in [0.4, 0.5) is 39.1 Å². The van der Waals surface area contributed by atoms with Crippen LogP contribution in [0.15, 0.2) is 54.7 Å². The molecule has 9 nitrogen and oxygen atoms in total. The molecule has 194 valence electrons. The lowest BCUT2D eigenvalue weighted by Gasteiger charge is -2.17. The maximum absolute atomic E-state index is 13.3. The van der Waals surface area contributed by atoms with Crippen molar-refractivity contribution in [2.45, 2.75) is 19.0 Å². The summed E-state index contributed by atoms with van der Waals surface area (Å²) in [5, 5.41) is 8.10. The van der Waals surface area contributed by atoms with Crippen LogP contribution < -0.4 is 30.2 Å². The van der Waals surface area contributed by atoms with Gasteiger partial charge in [-0.25, -0.2) is 9.78 Å². The van der Waals surface area contributed by atoms with Gasteiger partial charge in [0.15, 0.2) is 17.2 Å². The van der Waals surface area contributed by atoms with E-state index in [0.717, 1.165) is 18.2 Å². The molecule has 0 saturated carbocycles. The zero-order valence-electron chi connectivity index (χ0n) is 18.8. The number of alkyl halides is 5. The van der Waals surface area contributed by atoms with Gasteiger partial charge in [0.1, 0.15) is 5.82 Å². The quantitative estimate of drug-likeness (QED) is 0.230. The van der Waals surface area contributed by atoms with Gasteiger partial charge in [-0.1, -0.05) is 6.07 Å². The molecule has 2 heterocycles. The topological polar surface area (TPSA) is 111 Å². The summed E-state index contributed by atoms with van der Waals surface area (Å²) in [6.45, 7) is 0.0111. The first-order valence-corrected chi connectivity index (χ1v) is 10.4. The van der Waals surface area contributed by atoms with Gasteiger partial charge in [0.25, 0.3) is 5.91 Å². The molecule has 14 heteroatoms. The van der Waals surface area contributed by atoms with E-state index < -0.39 is 30.1 Å². The molecule has 1 aliphatic heterocycles. The Labute approximate surface area is 205 Å². The van der Waals surface area contributed by atoms with Crippen LogP contribution in [-0.4, -0.2) is 36.4 Å². The maximum Gasteiger partial charge on any atom is 0.586 e. The van der Waals surface area contributed by atoms with Gasteiger partial charge in [0.2, 0.25) is 0 Å². The van der Waals surface area contributed by atoms with E-state index in [-0.39, 0.29) is 35.0 Å². The molecule has 4 rings (SSSR count). The number of carbonyl (C=O) groups is 2. The zero-order chi connectivity index (χ0) is 26.8. The fourth-order valence-electron chi connectivity index (χ4n) is 3.28. The van der Waals surface area contributed by atoms with E-state index in [4.69, 9.17) is 0 Å². The van der Waals surface area contributed by atoms with Crippen molar-refractivity contribution in [3.05, 3.63) is 65.9 Å². The molecule has 0 unspecified atom stereocenters. The first kappa shape index (κ1) is 25.5. The number of nitrogens with one attached hydrogen (secondary N) is 3. The number of para-hydroxylation sites is 1. The Morgan fingerprint density at radius 1 is 1.05 bits per heavy atom. The molecule has 3 N–H and O–H groups in total. The first-order valence-electron chi connectivity index (χ1n) is 10.4. The summed E-state index contributed by atoms with van der Waals surface area (Å²) in [4.78, 5) is 28.6. The highest BCUT2D eigenvalue weighted by Crippen LogP contribution is 2.42. The number of benzene rings is 2. The van der Waals surface area contributed by atoms with Gasteiger partial charge in [0, 0.05) is 31.5 Å². The van der Waals surface area contributed by atoms with E-state index in [1.807, 2.05) is 0 Å². The van der Waals surface area contributed by atoms with Crippen LogP contribution in [0.25, 0.3) is 0 Å². The maximum atomic E-state index is 13.3. The lowest BCUT2D eigenvalue weighted by Crippen LogP contribution is -2.28. The summed E-state index contributed by atoms with van der Waals surface area (Å²) in [5.74, 6) is -3.93. The molecular weight excluding hydrogens is 507 g/mol. The molecule has 0 atom stereocenters. The number of anilines is 3. The van der Waals surface area contributed by atoms with Crippen LogP contribution in [-0.2, 0) is 11.3 Å². The largest absolute Gasteiger partial charge is 0.586 e. The van der Waals surface area contributed by atoms with E-state index in [2.05, 4.69) is 35.1 Å². The molecule has 0 aliphatic carbocycles. The molecule has 1 aliphatic rings. The number of rotatable bonds is 7. The summed E-state index contributed by atoms with van der Waals surface area (Å²) < 4.78 is 78.3. The Balaban J connectivity index is 1.63.